The summed E-state index contributed by atoms with van der Waals surface area (Å²) >= 11 is 0. The van der Waals surface area contributed by atoms with E-state index in [9.17, 15) is 23.2 Å². The van der Waals surface area contributed by atoms with Crippen molar-refractivity contribution in [3.63, 3.8) is 0 Å². The van der Waals surface area contributed by atoms with Crippen LogP contribution >= 0.6 is 0 Å². The van der Waals surface area contributed by atoms with Gasteiger partial charge >= 0.3 is 18.6 Å². The second kappa shape index (κ2) is 11.3. The average molecular weight is 418 g/mol. The number of alkyl halides is 2. The lowest BCUT2D eigenvalue weighted by molar-refractivity contribution is -0.149. The summed E-state index contributed by atoms with van der Waals surface area (Å²) in [6.07, 6.45) is 1.25. The molecule has 2 N–H and O–H groups in total. The van der Waals surface area contributed by atoms with Gasteiger partial charge in [-0.3, -0.25) is 10.1 Å². The number of esters is 1. The Morgan fingerprint density at radius 1 is 1.03 bits per heavy atom. The van der Waals surface area contributed by atoms with Crippen LogP contribution in [0.3, 0.4) is 0 Å². The van der Waals surface area contributed by atoms with Gasteiger partial charge in [0.15, 0.2) is 6.10 Å². The highest BCUT2D eigenvalue weighted by atomic mass is 19.3. The van der Waals surface area contributed by atoms with Crippen molar-refractivity contribution in [2.45, 2.75) is 26.2 Å². The Hall–Kier alpha value is -3.75. The lowest BCUT2D eigenvalue weighted by Gasteiger charge is -2.12. The molecule has 0 unspecified atom stereocenters. The summed E-state index contributed by atoms with van der Waals surface area (Å²) in [5, 5.41) is 4.60. The quantitative estimate of drug-likeness (QED) is 0.507. The average Bonchev–Trinajstić information content (AvgIpc) is 2.72. The van der Waals surface area contributed by atoms with Crippen LogP contribution in [0, 0.1) is 0 Å². The molecular weight excluding hydrogens is 398 g/mol. The highest BCUT2D eigenvalue weighted by molar-refractivity contribution is 5.98. The third-order valence-electron chi connectivity index (χ3n) is 3.71. The number of carbonyl (C=O) groups excluding carboxylic acids is 3. The van der Waals surface area contributed by atoms with Crippen LogP contribution in [0.25, 0.3) is 6.08 Å². The van der Waals surface area contributed by atoms with Crippen molar-refractivity contribution in [3.8, 4) is 5.75 Å². The number of halogens is 2. The van der Waals surface area contributed by atoms with Crippen molar-refractivity contribution in [2.75, 3.05) is 0 Å². The molecule has 30 heavy (non-hydrogen) atoms. The fraction of sp³-hybridized carbons (Fsp3) is 0.190. The summed E-state index contributed by atoms with van der Waals surface area (Å²) in [4.78, 5) is 35.5. The molecule has 0 fully saturated rings. The molecule has 1 atom stereocenters. The zero-order valence-corrected chi connectivity index (χ0v) is 16.0. The van der Waals surface area contributed by atoms with E-state index in [0.29, 0.717) is 5.56 Å². The van der Waals surface area contributed by atoms with E-state index in [2.05, 4.69) is 15.4 Å². The molecule has 0 heterocycles. The highest BCUT2D eigenvalue weighted by Crippen LogP contribution is 2.15. The lowest BCUT2D eigenvalue weighted by atomic mass is 10.2. The van der Waals surface area contributed by atoms with E-state index >= 15 is 0 Å². The van der Waals surface area contributed by atoms with Gasteiger partial charge in [-0.15, -0.1) is 0 Å². The van der Waals surface area contributed by atoms with Gasteiger partial charge in [0.25, 0.3) is 5.91 Å². The number of imide groups is 1. The largest absolute Gasteiger partial charge is 0.449 e. The van der Waals surface area contributed by atoms with Crippen LogP contribution < -0.4 is 15.4 Å². The number of amides is 3. The summed E-state index contributed by atoms with van der Waals surface area (Å²) in [6, 6.07) is 14.0. The number of benzene rings is 2. The molecule has 9 heteroatoms. The number of hydrogen-bond donors (Lipinski definition) is 2. The number of rotatable bonds is 8. The van der Waals surface area contributed by atoms with Gasteiger partial charge < -0.3 is 14.8 Å². The summed E-state index contributed by atoms with van der Waals surface area (Å²) in [5.74, 6) is -1.60. The monoisotopic (exact) mass is 418 g/mol. The molecule has 158 valence electrons. The van der Waals surface area contributed by atoms with Crippen LogP contribution in [0.4, 0.5) is 13.6 Å². The van der Waals surface area contributed by atoms with Gasteiger partial charge in [-0.1, -0.05) is 42.5 Å². The maximum absolute atomic E-state index is 12.1. The fourth-order valence-corrected chi connectivity index (χ4v) is 2.23. The highest BCUT2D eigenvalue weighted by Gasteiger charge is 2.18. The van der Waals surface area contributed by atoms with Crippen molar-refractivity contribution >= 4 is 24.0 Å². The van der Waals surface area contributed by atoms with E-state index in [1.807, 2.05) is 30.3 Å². The van der Waals surface area contributed by atoms with E-state index < -0.39 is 30.6 Å². The van der Waals surface area contributed by atoms with Crippen LogP contribution in [0.2, 0.25) is 0 Å². The molecule has 2 aromatic rings. The van der Waals surface area contributed by atoms with Crippen LogP contribution in [0.5, 0.6) is 5.75 Å². The first-order valence-corrected chi connectivity index (χ1v) is 8.89. The van der Waals surface area contributed by atoms with Gasteiger partial charge in [-0.05, 0) is 36.3 Å². The molecule has 0 saturated carbocycles. The normalized spacial score (nSPS) is 11.7. The Morgan fingerprint density at radius 2 is 1.70 bits per heavy atom. The molecule has 7 nitrogen and oxygen atoms in total. The van der Waals surface area contributed by atoms with Crippen molar-refractivity contribution < 1.29 is 32.6 Å². The van der Waals surface area contributed by atoms with Gasteiger partial charge in [-0.25, -0.2) is 9.59 Å². The first kappa shape index (κ1) is 22.5. The van der Waals surface area contributed by atoms with E-state index in [0.717, 1.165) is 11.6 Å². The van der Waals surface area contributed by atoms with Gasteiger partial charge in [-0.2, -0.15) is 8.78 Å². The Bertz CT molecular complexity index is 886. The molecule has 0 bridgehead atoms. The Labute approximate surface area is 171 Å². The van der Waals surface area contributed by atoms with Crippen molar-refractivity contribution in [2.24, 2.45) is 0 Å². The van der Waals surface area contributed by atoms with Crippen molar-refractivity contribution in [3.05, 3.63) is 71.8 Å². The molecule has 0 aliphatic carbocycles. The summed E-state index contributed by atoms with van der Waals surface area (Å²) in [7, 11) is 0. The predicted octanol–water partition coefficient (Wildman–Crippen LogP) is 3.26. The van der Waals surface area contributed by atoms with Crippen molar-refractivity contribution in [1.82, 2.24) is 10.6 Å². The first-order valence-electron chi connectivity index (χ1n) is 8.89. The molecule has 3 amide bonds. The molecule has 0 aromatic heterocycles. The number of urea groups is 1. The van der Waals surface area contributed by atoms with Gasteiger partial charge in [0.05, 0.1) is 0 Å². The van der Waals surface area contributed by atoms with E-state index in [1.165, 1.54) is 37.3 Å². The second-order valence-corrected chi connectivity index (χ2v) is 6.02. The predicted molar refractivity (Wildman–Crippen MR) is 104 cm³/mol. The summed E-state index contributed by atoms with van der Waals surface area (Å²) in [6.45, 7) is -1.37. The second-order valence-electron chi connectivity index (χ2n) is 6.02. The van der Waals surface area contributed by atoms with Crippen LogP contribution in [0.15, 0.2) is 60.7 Å². The molecule has 2 aromatic carbocycles. The Morgan fingerprint density at radius 3 is 2.33 bits per heavy atom. The molecule has 0 aliphatic heterocycles. The topological polar surface area (TPSA) is 93.7 Å². The van der Waals surface area contributed by atoms with Crippen LogP contribution in [0.1, 0.15) is 18.1 Å². The van der Waals surface area contributed by atoms with Crippen LogP contribution in [-0.2, 0) is 20.9 Å². The lowest BCUT2D eigenvalue weighted by Crippen LogP contribution is -2.44. The maximum atomic E-state index is 12.1. The Kier molecular flexibility index (Phi) is 8.49. The van der Waals surface area contributed by atoms with E-state index in [1.54, 1.807) is 0 Å². The standard InChI is InChI=1S/C21H20F2N2O5/c1-14(19(27)25-21(28)24-13-16-5-3-2-4-6-16)29-18(26)12-9-15-7-10-17(11-8-15)30-20(22)23/h2-12,14,20H,13H2,1H3,(H2,24,25,27,28)/b12-9+/t14-/m0/s1. The zero-order chi connectivity index (χ0) is 21.9. The van der Waals surface area contributed by atoms with Crippen molar-refractivity contribution in [1.29, 1.82) is 0 Å². The molecule has 0 saturated heterocycles. The van der Waals surface area contributed by atoms with Gasteiger partial charge in [0, 0.05) is 12.6 Å². The third-order valence-corrected chi connectivity index (χ3v) is 3.71. The minimum Gasteiger partial charge on any atom is -0.449 e. The van der Waals surface area contributed by atoms with Gasteiger partial charge in [0.1, 0.15) is 5.75 Å². The van der Waals surface area contributed by atoms with Crippen LogP contribution in [-0.4, -0.2) is 30.6 Å². The molecule has 0 aliphatic rings. The maximum Gasteiger partial charge on any atom is 0.387 e. The number of carbonyl (C=O) groups is 3. The fourth-order valence-electron chi connectivity index (χ4n) is 2.23. The summed E-state index contributed by atoms with van der Waals surface area (Å²) in [5.41, 5.74) is 1.39. The zero-order valence-electron chi connectivity index (χ0n) is 16.0. The molecular formula is C21H20F2N2O5. The minimum atomic E-state index is -2.92. The molecule has 0 spiro atoms. The Balaban J connectivity index is 1.76. The first-order chi connectivity index (χ1) is 14.3. The number of hydrogen-bond acceptors (Lipinski definition) is 5. The third kappa shape index (κ3) is 8.09. The van der Waals surface area contributed by atoms with E-state index in [-0.39, 0.29) is 12.3 Å². The summed E-state index contributed by atoms with van der Waals surface area (Å²) < 4.78 is 33.4. The number of ether oxygens (including phenoxy) is 2. The van der Waals surface area contributed by atoms with E-state index in [4.69, 9.17) is 4.74 Å². The minimum absolute atomic E-state index is 0.0134. The molecule has 0 radical (unpaired) electrons. The smallest absolute Gasteiger partial charge is 0.387 e. The SMILES string of the molecule is C[C@H](OC(=O)/C=C/c1ccc(OC(F)F)cc1)C(=O)NC(=O)NCc1ccccc1. The molecule has 2 rings (SSSR count). The van der Waals surface area contributed by atoms with Gasteiger partial charge in [0.2, 0.25) is 0 Å². The number of nitrogens with one attached hydrogen (secondary N) is 2.